The molecule has 2 amide bonds. The van der Waals surface area contributed by atoms with Crippen molar-refractivity contribution in [3.63, 3.8) is 0 Å². The molecule has 0 bridgehead atoms. The smallest absolute Gasteiger partial charge is 0.239 e. The number of hydrogen-bond donors (Lipinski definition) is 3. The molecule has 0 aliphatic heterocycles. The van der Waals surface area contributed by atoms with E-state index in [0.29, 0.717) is 6.04 Å². The van der Waals surface area contributed by atoms with Gasteiger partial charge in [-0.15, -0.1) is 0 Å². The van der Waals surface area contributed by atoms with E-state index in [1.165, 1.54) is 6.42 Å². The molecular weight excluding hydrogens is 268 g/mol. The molecule has 1 aliphatic carbocycles. The van der Waals surface area contributed by atoms with Crippen molar-refractivity contribution in [3.8, 4) is 0 Å². The van der Waals surface area contributed by atoms with E-state index in [4.69, 9.17) is 5.73 Å². The SMILES string of the molecule is CC(C)[C@H](N)C(=O)NCC(=O)NC1CCCC(N(C)C)C1. The molecule has 6 heteroatoms. The molecule has 0 aromatic carbocycles. The minimum absolute atomic E-state index is 0.00237. The number of carbonyl (C=O) groups is 2. The summed E-state index contributed by atoms with van der Waals surface area (Å²) in [6.07, 6.45) is 4.28. The van der Waals surface area contributed by atoms with Crippen LogP contribution in [0.3, 0.4) is 0 Å². The monoisotopic (exact) mass is 298 g/mol. The third kappa shape index (κ3) is 6.01. The van der Waals surface area contributed by atoms with Gasteiger partial charge in [0.05, 0.1) is 12.6 Å². The van der Waals surface area contributed by atoms with Crippen LogP contribution in [0.4, 0.5) is 0 Å². The lowest BCUT2D eigenvalue weighted by Crippen LogP contribution is -2.50. The zero-order valence-electron chi connectivity index (χ0n) is 13.7. The highest BCUT2D eigenvalue weighted by Crippen LogP contribution is 2.21. The summed E-state index contributed by atoms with van der Waals surface area (Å²) in [6.45, 7) is 3.77. The molecule has 1 aliphatic rings. The zero-order chi connectivity index (χ0) is 16.0. The van der Waals surface area contributed by atoms with Crippen molar-refractivity contribution in [1.29, 1.82) is 0 Å². The second kappa shape index (κ2) is 8.34. The molecule has 6 nitrogen and oxygen atoms in total. The van der Waals surface area contributed by atoms with E-state index in [9.17, 15) is 9.59 Å². The van der Waals surface area contributed by atoms with Gasteiger partial charge in [0.15, 0.2) is 0 Å². The van der Waals surface area contributed by atoms with Crippen molar-refractivity contribution in [2.45, 2.75) is 57.7 Å². The van der Waals surface area contributed by atoms with E-state index in [1.54, 1.807) is 0 Å². The van der Waals surface area contributed by atoms with Crippen molar-refractivity contribution in [1.82, 2.24) is 15.5 Å². The van der Waals surface area contributed by atoms with E-state index in [2.05, 4.69) is 29.6 Å². The number of rotatable bonds is 6. The Morgan fingerprint density at radius 2 is 1.95 bits per heavy atom. The Kier molecular flexibility index (Phi) is 7.11. The Morgan fingerprint density at radius 3 is 2.52 bits per heavy atom. The summed E-state index contributed by atoms with van der Waals surface area (Å²) in [5.41, 5.74) is 5.73. The first-order valence-corrected chi connectivity index (χ1v) is 7.80. The Balaban J connectivity index is 2.32. The first kappa shape index (κ1) is 17.9. The summed E-state index contributed by atoms with van der Waals surface area (Å²) in [7, 11) is 4.14. The molecule has 0 aromatic rings. The molecule has 1 fully saturated rings. The molecule has 4 N–H and O–H groups in total. The second-order valence-electron chi connectivity index (χ2n) is 6.54. The third-order valence-electron chi connectivity index (χ3n) is 4.19. The van der Waals surface area contributed by atoms with Crippen molar-refractivity contribution in [3.05, 3.63) is 0 Å². The van der Waals surface area contributed by atoms with Crippen LogP contribution in [-0.4, -0.2) is 55.5 Å². The molecule has 0 radical (unpaired) electrons. The standard InChI is InChI=1S/C15H30N4O2/c1-10(2)14(16)15(21)17-9-13(20)18-11-6-5-7-12(8-11)19(3)4/h10-12,14H,5-9,16H2,1-4H3,(H,17,21)(H,18,20)/t11?,12?,14-/m0/s1. The van der Waals surface area contributed by atoms with Crippen LogP contribution < -0.4 is 16.4 Å². The van der Waals surface area contributed by atoms with Crippen LogP contribution in [0.1, 0.15) is 39.5 Å². The molecule has 122 valence electrons. The Bertz CT molecular complexity index is 358. The fourth-order valence-electron chi connectivity index (χ4n) is 2.63. The lowest BCUT2D eigenvalue weighted by Gasteiger charge is -2.33. The average Bonchev–Trinajstić information content (AvgIpc) is 2.44. The van der Waals surface area contributed by atoms with Gasteiger partial charge in [-0.05, 0) is 45.7 Å². The van der Waals surface area contributed by atoms with Crippen molar-refractivity contribution < 1.29 is 9.59 Å². The quantitative estimate of drug-likeness (QED) is 0.648. The predicted molar refractivity (Wildman–Crippen MR) is 83.7 cm³/mol. The van der Waals surface area contributed by atoms with Gasteiger partial charge in [-0.2, -0.15) is 0 Å². The predicted octanol–water partition coefficient (Wildman–Crippen LogP) is 0.0749. The summed E-state index contributed by atoms with van der Waals surface area (Å²) in [5.74, 6) is -0.342. The topological polar surface area (TPSA) is 87.5 Å². The highest BCUT2D eigenvalue weighted by molar-refractivity contribution is 5.87. The van der Waals surface area contributed by atoms with E-state index in [0.717, 1.165) is 19.3 Å². The van der Waals surface area contributed by atoms with Crippen LogP contribution in [-0.2, 0) is 9.59 Å². The summed E-state index contributed by atoms with van der Waals surface area (Å²) in [4.78, 5) is 25.8. The fraction of sp³-hybridized carbons (Fsp3) is 0.867. The van der Waals surface area contributed by atoms with E-state index >= 15 is 0 Å². The maximum Gasteiger partial charge on any atom is 0.239 e. The van der Waals surface area contributed by atoms with Gasteiger partial charge in [-0.25, -0.2) is 0 Å². The van der Waals surface area contributed by atoms with Crippen molar-refractivity contribution in [2.75, 3.05) is 20.6 Å². The van der Waals surface area contributed by atoms with Gasteiger partial charge in [-0.1, -0.05) is 13.8 Å². The maximum atomic E-state index is 11.9. The molecular formula is C15H30N4O2. The Hall–Kier alpha value is -1.14. The van der Waals surface area contributed by atoms with Gasteiger partial charge in [0.2, 0.25) is 11.8 Å². The minimum Gasteiger partial charge on any atom is -0.352 e. The number of nitrogens with one attached hydrogen (secondary N) is 2. The number of nitrogens with zero attached hydrogens (tertiary/aromatic N) is 1. The van der Waals surface area contributed by atoms with Crippen LogP contribution in [0.25, 0.3) is 0 Å². The largest absolute Gasteiger partial charge is 0.352 e. The third-order valence-corrected chi connectivity index (χ3v) is 4.19. The number of carbonyl (C=O) groups excluding carboxylic acids is 2. The number of hydrogen-bond acceptors (Lipinski definition) is 4. The fourth-order valence-corrected chi connectivity index (χ4v) is 2.63. The molecule has 1 saturated carbocycles. The maximum absolute atomic E-state index is 11.9. The lowest BCUT2D eigenvalue weighted by molar-refractivity contribution is -0.127. The van der Waals surface area contributed by atoms with E-state index < -0.39 is 6.04 Å². The zero-order valence-corrected chi connectivity index (χ0v) is 13.7. The van der Waals surface area contributed by atoms with Gasteiger partial charge in [0.25, 0.3) is 0 Å². The summed E-state index contributed by atoms with van der Waals surface area (Å²) in [5, 5.41) is 5.61. The van der Waals surface area contributed by atoms with Crippen LogP contribution >= 0.6 is 0 Å². The molecule has 21 heavy (non-hydrogen) atoms. The minimum atomic E-state index is -0.564. The number of nitrogens with two attached hydrogens (primary N) is 1. The molecule has 2 unspecified atom stereocenters. The van der Waals surface area contributed by atoms with Gasteiger partial charge < -0.3 is 21.3 Å². The van der Waals surface area contributed by atoms with Gasteiger partial charge in [-0.3, -0.25) is 9.59 Å². The normalized spacial score (nSPS) is 24.0. The van der Waals surface area contributed by atoms with Gasteiger partial charge >= 0.3 is 0 Å². The Morgan fingerprint density at radius 1 is 1.29 bits per heavy atom. The highest BCUT2D eigenvalue weighted by Gasteiger charge is 2.24. The highest BCUT2D eigenvalue weighted by atomic mass is 16.2. The molecule has 0 spiro atoms. The first-order valence-electron chi connectivity index (χ1n) is 7.80. The van der Waals surface area contributed by atoms with E-state index in [-0.39, 0.29) is 30.3 Å². The van der Waals surface area contributed by atoms with Crippen LogP contribution in [0.2, 0.25) is 0 Å². The van der Waals surface area contributed by atoms with Crippen LogP contribution in [0.5, 0.6) is 0 Å². The molecule has 0 heterocycles. The van der Waals surface area contributed by atoms with Crippen molar-refractivity contribution >= 4 is 11.8 Å². The summed E-state index contributed by atoms with van der Waals surface area (Å²) >= 11 is 0. The average molecular weight is 298 g/mol. The molecule has 0 saturated heterocycles. The number of amides is 2. The van der Waals surface area contributed by atoms with Gasteiger partial charge in [0, 0.05) is 12.1 Å². The van der Waals surface area contributed by atoms with Crippen molar-refractivity contribution in [2.24, 2.45) is 11.7 Å². The summed E-state index contributed by atoms with van der Waals surface area (Å²) in [6, 6.07) is 0.160. The van der Waals surface area contributed by atoms with Crippen LogP contribution in [0.15, 0.2) is 0 Å². The van der Waals surface area contributed by atoms with Gasteiger partial charge in [0.1, 0.15) is 0 Å². The molecule has 3 atom stereocenters. The van der Waals surface area contributed by atoms with Crippen LogP contribution in [0, 0.1) is 5.92 Å². The lowest BCUT2D eigenvalue weighted by atomic mass is 9.90. The second-order valence-corrected chi connectivity index (χ2v) is 6.54. The molecule has 0 aromatic heterocycles. The molecule has 1 rings (SSSR count). The summed E-state index contributed by atoms with van der Waals surface area (Å²) < 4.78 is 0. The first-order chi connectivity index (χ1) is 9.81. The van der Waals surface area contributed by atoms with E-state index in [1.807, 2.05) is 13.8 Å². The Labute approximate surface area is 127 Å².